The standard InChI is InChI=1S/C19H29BrO4/c1-5-23-17(21)19(13-15(4)20,18(22)24-6-2)12-14(3)16-10-8-7-9-11-16/h16H,3-13H2,1-2H3. The predicted molar refractivity (Wildman–Crippen MR) is 98.7 cm³/mol. The molecule has 0 aromatic carbocycles. The van der Waals surface area contributed by atoms with Crippen molar-refractivity contribution in [2.75, 3.05) is 13.2 Å². The largest absolute Gasteiger partial charge is 0.465 e. The summed E-state index contributed by atoms with van der Waals surface area (Å²) in [4.78, 5) is 25.4. The molecule has 0 spiro atoms. The lowest BCUT2D eigenvalue weighted by molar-refractivity contribution is -0.172. The lowest BCUT2D eigenvalue weighted by atomic mass is 9.73. The number of carbonyl (C=O) groups is 2. The molecule has 0 amide bonds. The van der Waals surface area contributed by atoms with E-state index in [1.54, 1.807) is 13.8 Å². The van der Waals surface area contributed by atoms with Crippen LogP contribution in [0.1, 0.15) is 58.8 Å². The molecule has 0 heterocycles. The Labute approximate surface area is 153 Å². The maximum absolute atomic E-state index is 12.7. The molecule has 1 aliphatic carbocycles. The SMILES string of the molecule is C=C(Br)CC(CC(=C)C1CCCCC1)(C(=O)OCC)C(=O)OCC. The summed E-state index contributed by atoms with van der Waals surface area (Å²) in [7, 11) is 0. The quantitative estimate of drug-likeness (QED) is 0.313. The summed E-state index contributed by atoms with van der Waals surface area (Å²) in [5.41, 5.74) is -0.467. The molecule has 5 heteroatoms. The van der Waals surface area contributed by atoms with Gasteiger partial charge in [0.2, 0.25) is 0 Å². The Morgan fingerprint density at radius 2 is 1.50 bits per heavy atom. The minimum absolute atomic E-state index is 0.149. The summed E-state index contributed by atoms with van der Waals surface area (Å²) >= 11 is 3.30. The van der Waals surface area contributed by atoms with Gasteiger partial charge in [0.05, 0.1) is 13.2 Å². The molecule has 0 bridgehead atoms. The zero-order valence-electron chi connectivity index (χ0n) is 14.9. The predicted octanol–water partition coefficient (Wildman–Crippen LogP) is 4.92. The van der Waals surface area contributed by atoms with Crippen LogP contribution in [-0.4, -0.2) is 25.2 Å². The summed E-state index contributed by atoms with van der Waals surface area (Å²) in [5, 5.41) is 0. The Kier molecular flexibility index (Phi) is 8.74. The summed E-state index contributed by atoms with van der Waals surface area (Å²) < 4.78 is 11.0. The van der Waals surface area contributed by atoms with Crippen molar-refractivity contribution in [1.82, 2.24) is 0 Å². The van der Waals surface area contributed by atoms with Crippen molar-refractivity contribution in [3.8, 4) is 0 Å². The highest BCUT2D eigenvalue weighted by atomic mass is 79.9. The maximum Gasteiger partial charge on any atom is 0.324 e. The normalized spacial score (nSPS) is 15.6. The van der Waals surface area contributed by atoms with Gasteiger partial charge < -0.3 is 9.47 Å². The molecule has 1 aliphatic rings. The van der Waals surface area contributed by atoms with E-state index < -0.39 is 17.4 Å². The van der Waals surface area contributed by atoms with Gasteiger partial charge >= 0.3 is 11.9 Å². The van der Waals surface area contributed by atoms with Crippen LogP contribution in [0.2, 0.25) is 0 Å². The monoisotopic (exact) mass is 400 g/mol. The van der Waals surface area contributed by atoms with Gasteiger partial charge in [-0.05, 0) is 43.5 Å². The van der Waals surface area contributed by atoms with Crippen molar-refractivity contribution in [2.45, 2.75) is 58.8 Å². The van der Waals surface area contributed by atoms with E-state index in [9.17, 15) is 9.59 Å². The third-order valence-electron chi connectivity index (χ3n) is 4.54. The van der Waals surface area contributed by atoms with Crippen molar-refractivity contribution in [3.05, 3.63) is 23.2 Å². The summed E-state index contributed by atoms with van der Waals surface area (Å²) in [6, 6.07) is 0. The zero-order valence-corrected chi connectivity index (χ0v) is 16.5. The van der Waals surface area contributed by atoms with Gasteiger partial charge in [0, 0.05) is 6.42 Å². The van der Waals surface area contributed by atoms with Gasteiger partial charge in [0.15, 0.2) is 5.41 Å². The van der Waals surface area contributed by atoms with Crippen LogP contribution in [0.15, 0.2) is 23.2 Å². The van der Waals surface area contributed by atoms with E-state index in [1.165, 1.54) is 19.3 Å². The van der Waals surface area contributed by atoms with Crippen LogP contribution in [0.25, 0.3) is 0 Å². The number of rotatable bonds is 9. The van der Waals surface area contributed by atoms with Crippen molar-refractivity contribution in [2.24, 2.45) is 11.3 Å². The van der Waals surface area contributed by atoms with Crippen LogP contribution in [0.3, 0.4) is 0 Å². The Morgan fingerprint density at radius 1 is 1.00 bits per heavy atom. The minimum Gasteiger partial charge on any atom is -0.465 e. The topological polar surface area (TPSA) is 52.6 Å². The first kappa shape index (κ1) is 20.9. The second-order valence-electron chi connectivity index (χ2n) is 6.39. The second kappa shape index (κ2) is 10.0. The van der Waals surface area contributed by atoms with Crippen LogP contribution in [0.4, 0.5) is 0 Å². The van der Waals surface area contributed by atoms with Crippen molar-refractivity contribution in [3.63, 3.8) is 0 Å². The van der Waals surface area contributed by atoms with Crippen molar-refractivity contribution in [1.29, 1.82) is 0 Å². The number of esters is 2. The van der Waals surface area contributed by atoms with Gasteiger partial charge in [0.25, 0.3) is 0 Å². The molecule has 0 N–H and O–H groups in total. The van der Waals surface area contributed by atoms with Crippen LogP contribution in [-0.2, 0) is 19.1 Å². The van der Waals surface area contributed by atoms with E-state index in [0.717, 1.165) is 18.4 Å². The molecule has 0 unspecified atom stereocenters. The van der Waals surface area contributed by atoms with E-state index >= 15 is 0 Å². The van der Waals surface area contributed by atoms with Gasteiger partial charge in [0.1, 0.15) is 0 Å². The first-order chi connectivity index (χ1) is 11.4. The van der Waals surface area contributed by atoms with Crippen molar-refractivity contribution >= 4 is 27.9 Å². The van der Waals surface area contributed by atoms with Crippen LogP contribution < -0.4 is 0 Å². The smallest absolute Gasteiger partial charge is 0.324 e. The number of ether oxygens (including phenoxy) is 2. The average Bonchev–Trinajstić information content (AvgIpc) is 2.54. The summed E-state index contributed by atoms with van der Waals surface area (Å²) in [6.07, 6.45) is 6.10. The lowest BCUT2D eigenvalue weighted by Crippen LogP contribution is -2.43. The Hall–Kier alpha value is -1.10. The molecule has 0 aromatic rings. The summed E-state index contributed by atoms with van der Waals surface area (Å²) in [5.74, 6) is -0.757. The molecule has 1 rings (SSSR count). The van der Waals surface area contributed by atoms with Crippen LogP contribution >= 0.6 is 15.9 Å². The molecule has 0 aliphatic heterocycles. The number of allylic oxidation sites excluding steroid dienone is 2. The molecular formula is C19H29BrO4. The van der Waals surface area contributed by atoms with E-state index in [0.29, 0.717) is 10.4 Å². The molecule has 1 saturated carbocycles. The van der Waals surface area contributed by atoms with Gasteiger partial charge in [-0.15, -0.1) is 0 Å². The Morgan fingerprint density at radius 3 is 1.92 bits per heavy atom. The molecular weight excluding hydrogens is 372 g/mol. The number of hydrogen-bond donors (Lipinski definition) is 0. The molecule has 4 nitrogen and oxygen atoms in total. The molecule has 0 radical (unpaired) electrons. The van der Waals surface area contributed by atoms with E-state index in [4.69, 9.17) is 9.47 Å². The zero-order chi connectivity index (χ0) is 18.2. The van der Waals surface area contributed by atoms with Gasteiger partial charge in [-0.2, -0.15) is 0 Å². The van der Waals surface area contributed by atoms with Gasteiger partial charge in [-0.25, -0.2) is 0 Å². The Balaban J connectivity index is 3.11. The van der Waals surface area contributed by atoms with Gasteiger partial charge in [-0.1, -0.05) is 53.9 Å². The number of carbonyl (C=O) groups excluding carboxylic acids is 2. The molecule has 1 fully saturated rings. The fourth-order valence-electron chi connectivity index (χ4n) is 3.34. The first-order valence-electron chi connectivity index (χ1n) is 8.72. The van der Waals surface area contributed by atoms with Crippen LogP contribution in [0, 0.1) is 11.3 Å². The third kappa shape index (κ3) is 5.47. The van der Waals surface area contributed by atoms with E-state index in [-0.39, 0.29) is 26.1 Å². The fourth-order valence-corrected chi connectivity index (χ4v) is 3.82. The van der Waals surface area contributed by atoms with Crippen molar-refractivity contribution < 1.29 is 19.1 Å². The number of hydrogen-bond acceptors (Lipinski definition) is 4. The first-order valence-corrected chi connectivity index (χ1v) is 9.52. The molecule has 24 heavy (non-hydrogen) atoms. The fraction of sp³-hybridized carbons (Fsp3) is 0.684. The Bertz CT molecular complexity index is 460. The molecule has 0 atom stereocenters. The molecule has 0 saturated heterocycles. The van der Waals surface area contributed by atoms with Gasteiger partial charge in [-0.3, -0.25) is 9.59 Å². The molecule has 0 aromatic heterocycles. The average molecular weight is 401 g/mol. The highest BCUT2D eigenvalue weighted by molar-refractivity contribution is 9.11. The van der Waals surface area contributed by atoms with E-state index in [2.05, 4.69) is 29.1 Å². The molecule has 136 valence electrons. The number of halogens is 1. The highest BCUT2D eigenvalue weighted by Gasteiger charge is 2.49. The highest BCUT2D eigenvalue weighted by Crippen LogP contribution is 2.41. The lowest BCUT2D eigenvalue weighted by Gasteiger charge is -2.33. The second-order valence-corrected chi connectivity index (χ2v) is 7.51. The van der Waals surface area contributed by atoms with Crippen LogP contribution in [0.5, 0.6) is 0 Å². The summed E-state index contributed by atoms with van der Waals surface area (Å²) in [6.45, 7) is 11.9. The third-order valence-corrected chi connectivity index (χ3v) is 4.82. The maximum atomic E-state index is 12.7. The van der Waals surface area contributed by atoms with E-state index in [1.807, 2.05) is 0 Å². The minimum atomic E-state index is -1.40.